The number of hydrogen-bond acceptors (Lipinski definition) is 2. The lowest BCUT2D eigenvalue weighted by molar-refractivity contribution is -0.127. The smallest absolute Gasteiger partial charge is 0.230 e. The van der Waals surface area contributed by atoms with Crippen LogP contribution in [-0.4, -0.2) is 23.7 Å². The Morgan fingerprint density at radius 2 is 1.95 bits per heavy atom. The molecule has 104 valence electrons. The van der Waals surface area contributed by atoms with Gasteiger partial charge in [-0.2, -0.15) is 0 Å². The van der Waals surface area contributed by atoms with Crippen molar-refractivity contribution in [1.82, 2.24) is 5.32 Å². The zero-order valence-corrected chi connectivity index (χ0v) is 11.2. The van der Waals surface area contributed by atoms with Crippen LogP contribution in [0.4, 0.5) is 4.39 Å². The highest BCUT2D eigenvalue weighted by molar-refractivity contribution is 5.88. The summed E-state index contributed by atoms with van der Waals surface area (Å²) >= 11 is 0. The van der Waals surface area contributed by atoms with Crippen LogP contribution in [0.2, 0.25) is 0 Å². The largest absolute Gasteiger partial charge is 0.394 e. The normalized spacial score (nSPS) is 19.1. The summed E-state index contributed by atoms with van der Waals surface area (Å²) in [7, 11) is 0. The maximum absolute atomic E-state index is 13.0. The van der Waals surface area contributed by atoms with Crippen molar-refractivity contribution in [2.75, 3.05) is 6.61 Å². The first-order valence-corrected chi connectivity index (χ1v) is 6.76. The van der Waals surface area contributed by atoms with Gasteiger partial charge >= 0.3 is 0 Å². The molecule has 0 aromatic heterocycles. The molecule has 0 radical (unpaired) electrons. The van der Waals surface area contributed by atoms with Crippen molar-refractivity contribution in [2.24, 2.45) is 0 Å². The van der Waals surface area contributed by atoms with Crippen LogP contribution >= 0.6 is 0 Å². The number of carbonyl (C=O) groups excluding carboxylic acids is 1. The zero-order valence-electron chi connectivity index (χ0n) is 11.2. The van der Waals surface area contributed by atoms with Gasteiger partial charge in [0.1, 0.15) is 5.82 Å². The van der Waals surface area contributed by atoms with Crippen molar-refractivity contribution < 1.29 is 14.3 Å². The maximum Gasteiger partial charge on any atom is 0.230 e. The second-order valence-corrected chi connectivity index (χ2v) is 5.35. The summed E-state index contributed by atoms with van der Waals surface area (Å²) in [5, 5.41) is 11.9. The van der Waals surface area contributed by atoms with Crippen molar-refractivity contribution in [3.05, 3.63) is 35.6 Å². The predicted molar refractivity (Wildman–Crippen MR) is 71.2 cm³/mol. The first-order chi connectivity index (χ1) is 9.08. The average molecular weight is 265 g/mol. The van der Waals surface area contributed by atoms with Crippen LogP contribution in [0.3, 0.4) is 0 Å². The standard InChI is InChI=1S/C15H20FNO2/c1-11(10-18)17-14(19)15(8-2-3-9-15)12-4-6-13(16)7-5-12/h4-7,11,18H,2-3,8-10H2,1H3,(H,17,19). The molecule has 2 N–H and O–H groups in total. The van der Waals surface area contributed by atoms with Crippen molar-refractivity contribution in [1.29, 1.82) is 0 Å². The molecule has 4 heteroatoms. The SMILES string of the molecule is CC(CO)NC(=O)C1(c2ccc(F)cc2)CCCC1. The molecule has 1 fully saturated rings. The number of aliphatic hydroxyl groups is 1. The minimum atomic E-state index is -0.558. The Morgan fingerprint density at radius 1 is 1.37 bits per heavy atom. The monoisotopic (exact) mass is 265 g/mol. The molecule has 0 spiro atoms. The van der Waals surface area contributed by atoms with Gasteiger partial charge in [-0.3, -0.25) is 4.79 Å². The number of halogens is 1. The number of nitrogens with one attached hydrogen (secondary N) is 1. The molecular formula is C15H20FNO2. The molecule has 0 bridgehead atoms. The third kappa shape index (κ3) is 2.78. The number of benzene rings is 1. The van der Waals surface area contributed by atoms with E-state index < -0.39 is 5.41 Å². The fraction of sp³-hybridized carbons (Fsp3) is 0.533. The lowest BCUT2D eigenvalue weighted by atomic mass is 9.78. The molecule has 2 rings (SSSR count). The second-order valence-electron chi connectivity index (χ2n) is 5.35. The summed E-state index contributed by atoms with van der Waals surface area (Å²) in [6.45, 7) is 1.69. The van der Waals surface area contributed by atoms with E-state index in [1.54, 1.807) is 19.1 Å². The topological polar surface area (TPSA) is 49.3 Å². The van der Waals surface area contributed by atoms with Crippen LogP contribution in [0.5, 0.6) is 0 Å². The van der Waals surface area contributed by atoms with E-state index in [1.807, 2.05) is 0 Å². The van der Waals surface area contributed by atoms with Gasteiger partial charge in [-0.25, -0.2) is 4.39 Å². The van der Waals surface area contributed by atoms with Crippen LogP contribution in [-0.2, 0) is 10.2 Å². The molecule has 1 saturated carbocycles. The van der Waals surface area contributed by atoms with Crippen LogP contribution in [0, 0.1) is 5.82 Å². The van der Waals surface area contributed by atoms with Crippen molar-refractivity contribution in [2.45, 2.75) is 44.1 Å². The fourth-order valence-corrected chi connectivity index (χ4v) is 2.80. The van der Waals surface area contributed by atoms with Gasteiger partial charge in [-0.05, 0) is 37.5 Å². The Kier molecular flexibility index (Phi) is 4.20. The van der Waals surface area contributed by atoms with Gasteiger partial charge in [0.25, 0.3) is 0 Å². The summed E-state index contributed by atoms with van der Waals surface area (Å²) in [6, 6.07) is 5.94. The van der Waals surface area contributed by atoms with Crippen LogP contribution < -0.4 is 5.32 Å². The zero-order chi connectivity index (χ0) is 13.9. The molecule has 1 amide bonds. The lowest BCUT2D eigenvalue weighted by Crippen LogP contribution is -2.47. The molecule has 3 nitrogen and oxygen atoms in total. The van der Waals surface area contributed by atoms with Crippen molar-refractivity contribution in [3.8, 4) is 0 Å². The van der Waals surface area contributed by atoms with E-state index in [0.717, 1.165) is 31.2 Å². The van der Waals surface area contributed by atoms with Gasteiger partial charge in [0.2, 0.25) is 5.91 Å². The molecule has 19 heavy (non-hydrogen) atoms. The molecule has 1 unspecified atom stereocenters. The predicted octanol–water partition coefficient (Wildman–Crippen LogP) is 2.13. The molecule has 1 aromatic rings. The van der Waals surface area contributed by atoms with E-state index in [0.29, 0.717) is 0 Å². The van der Waals surface area contributed by atoms with E-state index in [2.05, 4.69) is 5.32 Å². The number of amides is 1. The summed E-state index contributed by atoms with van der Waals surface area (Å²) in [4.78, 5) is 12.5. The molecule has 0 saturated heterocycles. The summed E-state index contributed by atoms with van der Waals surface area (Å²) < 4.78 is 13.0. The minimum Gasteiger partial charge on any atom is -0.394 e. The van der Waals surface area contributed by atoms with E-state index >= 15 is 0 Å². The van der Waals surface area contributed by atoms with Gasteiger partial charge in [0, 0.05) is 6.04 Å². The Hall–Kier alpha value is -1.42. The van der Waals surface area contributed by atoms with Gasteiger partial charge in [-0.15, -0.1) is 0 Å². The molecular weight excluding hydrogens is 245 g/mol. The molecule has 1 atom stereocenters. The molecule has 1 aromatic carbocycles. The number of aliphatic hydroxyl groups excluding tert-OH is 1. The fourth-order valence-electron chi connectivity index (χ4n) is 2.80. The van der Waals surface area contributed by atoms with Crippen molar-refractivity contribution in [3.63, 3.8) is 0 Å². The molecule has 1 aliphatic rings. The summed E-state index contributed by atoms with van der Waals surface area (Å²) in [6.07, 6.45) is 3.56. The summed E-state index contributed by atoms with van der Waals surface area (Å²) in [5.41, 5.74) is 0.311. The van der Waals surface area contributed by atoms with Gasteiger partial charge in [-0.1, -0.05) is 25.0 Å². The third-order valence-corrected chi connectivity index (χ3v) is 3.94. The second kappa shape index (κ2) is 5.70. The summed E-state index contributed by atoms with van der Waals surface area (Å²) in [5.74, 6) is -0.348. The number of rotatable bonds is 4. The van der Waals surface area contributed by atoms with E-state index in [1.165, 1.54) is 12.1 Å². The molecule has 1 aliphatic carbocycles. The minimum absolute atomic E-state index is 0.0573. The Morgan fingerprint density at radius 3 is 2.47 bits per heavy atom. The van der Waals surface area contributed by atoms with Crippen LogP contribution in [0.25, 0.3) is 0 Å². The maximum atomic E-state index is 13.0. The third-order valence-electron chi connectivity index (χ3n) is 3.94. The van der Waals surface area contributed by atoms with Gasteiger partial charge in [0.15, 0.2) is 0 Å². The van der Waals surface area contributed by atoms with Gasteiger partial charge < -0.3 is 10.4 Å². The quantitative estimate of drug-likeness (QED) is 0.876. The van der Waals surface area contributed by atoms with Crippen LogP contribution in [0.1, 0.15) is 38.2 Å². The highest BCUT2D eigenvalue weighted by atomic mass is 19.1. The number of carbonyl (C=O) groups is 1. The highest BCUT2D eigenvalue weighted by Crippen LogP contribution is 2.41. The van der Waals surface area contributed by atoms with E-state index in [9.17, 15) is 9.18 Å². The van der Waals surface area contributed by atoms with E-state index in [4.69, 9.17) is 5.11 Å². The highest BCUT2D eigenvalue weighted by Gasteiger charge is 2.42. The van der Waals surface area contributed by atoms with Crippen molar-refractivity contribution >= 4 is 5.91 Å². The van der Waals surface area contributed by atoms with E-state index in [-0.39, 0.29) is 24.4 Å². The Balaban J connectivity index is 2.27. The molecule has 0 aliphatic heterocycles. The first kappa shape index (κ1) is 14.0. The first-order valence-electron chi connectivity index (χ1n) is 6.76. The lowest BCUT2D eigenvalue weighted by Gasteiger charge is -2.29. The number of hydrogen-bond donors (Lipinski definition) is 2. The average Bonchev–Trinajstić information content (AvgIpc) is 2.90. The van der Waals surface area contributed by atoms with Crippen LogP contribution in [0.15, 0.2) is 24.3 Å². The van der Waals surface area contributed by atoms with Gasteiger partial charge in [0.05, 0.1) is 12.0 Å². The molecule has 0 heterocycles. The Labute approximate surface area is 112 Å². The Bertz CT molecular complexity index is 438.